The predicted octanol–water partition coefficient (Wildman–Crippen LogP) is 2.36. The van der Waals surface area contributed by atoms with Crippen LogP contribution in [-0.4, -0.2) is 22.6 Å². The molecule has 0 saturated carbocycles. The number of hydrogen-bond acceptors (Lipinski definition) is 3. The highest BCUT2D eigenvalue weighted by molar-refractivity contribution is 5.81. The highest BCUT2D eigenvalue weighted by Gasteiger charge is 2.36. The van der Waals surface area contributed by atoms with E-state index < -0.39 is 17.5 Å². The van der Waals surface area contributed by atoms with Crippen LogP contribution in [0.5, 0.6) is 0 Å². The van der Waals surface area contributed by atoms with E-state index in [-0.39, 0.29) is 6.42 Å². The molecule has 0 amide bonds. The molecule has 0 fully saturated rings. The largest absolute Gasteiger partial charge is 0.478 e. The Morgan fingerprint density at radius 3 is 2.27 bits per heavy atom. The normalized spacial score (nSPS) is 14.3. The summed E-state index contributed by atoms with van der Waals surface area (Å²) in [5.41, 5.74) is -1.36. The second kappa shape index (κ2) is 6.43. The molecule has 0 aliphatic carbocycles. The molecule has 1 N–H and O–H groups in total. The minimum Gasteiger partial charge on any atom is -0.478 e. The highest BCUT2D eigenvalue weighted by atomic mass is 16.6. The molecule has 0 radical (unpaired) electrons. The molecule has 0 aliphatic rings. The summed E-state index contributed by atoms with van der Waals surface area (Å²) < 4.78 is 5.00. The number of aliphatic carboxylic acids is 1. The molecule has 0 bridgehead atoms. The number of unbranched alkanes of at least 4 members (excludes halogenated alkanes) is 1. The van der Waals surface area contributed by atoms with Gasteiger partial charge in [0.2, 0.25) is 5.60 Å². The third kappa shape index (κ3) is 4.81. The van der Waals surface area contributed by atoms with Crippen molar-refractivity contribution in [3.8, 4) is 0 Å². The van der Waals surface area contributed by atoms with Crippen LogP contribution in [0.1, 0.15) is 52.9 Å². The van der Waals surface area contributed by atoms with Gasteiger partial charge in [-0.2, -0.15) is 0 Å². The maximum absolute atomic E-state index is 11.2. The van der Waals surface area contributed by atoms with Gasteiger partial charge >= 0.3 is 11.9 Å². The Morgan fingerprint density at radius 1 is 1.27 bits per heavy atom. The van der Waals surface area contributed by atoms with Crippen molar-refractivity contribution in [2.24, 2.45) is 0 Å². The molecule has 0 saturated heterocycles. The van der Waals surface area contributed by atoms with E-state index in [0.717, 1.165) is 12.8 Å². The molecule has 0 aromatic heterocycles. The van der Waals surface area contributed by atoms with E-state index in [1.54, 1.807) is 0 Å². The smallest absolute Gasteiger partial charge is 0.347 e. The van der Waals surface area contributed by atoms with Crippen LogP contribution in [-0.2, 0) is 14.3 Å². The van der Waals surface area contributed by atoms with Crippen LogP contribution in [0, 0.1) is 0 Å². The molecule has 0 aromatic rings. The zero-order valence-corrected chi connectivity index (χ0v) is 9.71. The third-order valence-electron chi connectivity index (χ3n) is 2.25. The van der Waals surface area contributed by atoms with Crippen LogP contribution in [0.25, 0.3) is 0 Å². The summed E-state index contributed by atoms with van der Waals surface area (Å²) in [7, 11) is 0. The van der Waals surface area contributed by atoms with Crippen molar-refractivity contribution in [3.63, 3.8) is 0 Å². The Kier molecular flexibility index (Phi) is 5.97. The molecule has 0 spiro atoms. The lowest BCUT2D eigenvalue weighted by Crippen LogP contribution is -2.40. The summed E-state index contributed by atoms with van der Waals surface area (Å²) in [5.74, 6) is -1.50. The van der Waals surface area contributed by atoms with E-state index in [4.69, 9.17) is 9.84 Å². The van der Waals surface area contributed by atoms with Crippen molar-refractivity contribution in [1.82, 2.24) is 0 Å². The fraction of sp³-hybridized carbons (Fsp3) is 0.818. The topological polar surface area (TPSA) is 63.6 Å². The van der Waals surface area contributed by atoms with Gasteiger partial charge in [0, 0.05) is 6.42 Å². The first kappa shape index (κ1) is 13.9. The third-order valence-corrected chi connectivity index (χ3v) is 2.25. The van der Waals surface area contributed by atoms with Gasteiger partial charge in [-0.1, -0.05) is 20.3 Å². The molecule has 0 rings (SSSR count). The number of carbonyl (C=O) groups is 2. The fourth-order valence-electron chi connectivity index (χ4n) is 1.22. The van der Waals surface area contributed by atoms with Gasteiger partial charge in [0.05, 0.1) is 0 Å². The Balaban J connectivity index is 4.37. The van der Waals surface area contributed by atoms with Gasteiger partial charge in [-0.3, -0.25) is 4.79 Å². The Bertz CT molecular complexity index is 225. The van der Waals surface area contributed by atoms with Crippen LogP contribution in [0.4, 0.5) is 0 Å². The van der Waals surface area contributed by atoms with Crippen molar-refractivity contribution >= 4 is 11.9 Å². The summed E-state index contributed by atoms with van der Waals surface area (Å²) in [5, 5.41) is 9.00. The van der Waals surface area contributed by atoms with Crippen molar-refractivity contribution in [2.75, 3.05) is 0 Å². The minimum atomic E-state index is -1.36. The summed E-state index contributed by atoms with van der Waals surface area (Å²) >= 11 is 0. The number of rotatable bonds is 7. The first-order chi connectivity index (χ1) is 6.96. The SMILES string of the molecule is CCCCC(C)(OC(=O)CCC)C(=O)O. The average Bonchev–Trinajstić information content (AvgIpc) is 2.14. The van der Waals surface area contributed by atoms with E-state index in [9.17, 15) is 9.59 Å². The maximum atomic E-state index is 11.2. The molecule has 0 aliphatic heterocycles. The van der Waals surface area contributed by atoms with Gasteiger partial charge in [-0.25, -0.2) is 4.79 Å². The number of ether oxygens (including phenoxy) is 1. The first-order valence-electron chi connectivity index (χ1n) is 5.41. The van der Waals surface area contributed by atoms with E-state index in [2.05, 4.69) is 0 Å². The highest BCUT2D eigenvalue weighted by Crippen LogP contribution is 2.20. The van der Waals surface area contributed by atoms with E-state index >= 15 is 0 Å². The van der Waals surface area contributed by atoms with Crippen LogP contribution in [0.2, 0.25) is 0 Å². The summed E-state index contributed by atoms with van der Waals surface area (Å²) in [6.45, 7) is 5.28. The van der Waals surface area contributed by atoms with Crippen molar-refractivity contribution in [2.45, 2.75) is 58.5 Å². The van der Waals surface area contributed by atoms with Gasteiger partial charge in [-0.05, 0) is 26.2 Å². The molecule has 4 heteroatoms. The molecule has 88 valence electrons. The van der Waals surface area contributed by atoms with Crippen LogP contribution in [0.15, 0.2) is 0 Å². The number of esters is 1. The average molecular weight is 216 g/mol. The first-order valence-corrected chi connectivity index (χ1v) is 5.41. The monoisotopic (exact) mass is 216 g/mol. The summed E-state index contributed by atoms with van der Waals surface area (Å²) in [6.07, 6.45) is 2.93. The summed E-state index contributed by atoms with van der Waals surface area (Å²) in [4.78, 5) is 22.2. The van der Waals surface area contributed by atoms with E-state index in [1.807, 2.05) is 13.8 Å². The molecule has 1 atom stereocenters. The summed E-state index contributed by atoms with van der Waals surface area (Å²) in [6, 6.07) is 0. The predicted molar refractivity (Wildman–Crippen MR) is 56.6 cm³/mol. The molecule has 0 aromatic carbocycles. The molecule has 0 heterocycles. The van der Waals surface area contributed by atoms with Gasteiger partial charge in [0.15, 0.2) is 0 Å². The lowest BCUT2D eigenvalue weighted by Gasteiger charge is -2.24. The maximum Gasteiger partial charge on any atom is 0.347 e. The zero-order valence-electron chi connectivity index (χ0n) is 9.71. The number of carboxylic acid groups (broad SMARTS) is 1. The lowest BCUT2D eigenvalue weighted by atomic mass is 9.99. The Hall–Kier alpha value is -1.06. The Morgan fingerprint density at radius 2 is 1.87 bits per heavy atom. The number of carboxylic acids is 1. The van der Waals surface area contributed by atoms with Gasteiger partial charge < -0.3 is 9.84 Å². The molecular formula is C11H20O4. The molecular weight excluding hydrogens is 196 g/mol. The second-order valence-electron chi connectivity index (χ2n) is 3.86. The molecule has 15 heavy (non-hydrogen) atoms. The van der Waals surface area contributed by atoms with Gasteiger partial charge in [-0.15, -0.1) is 0 Å². The van der Waals surface area contributed by atoms with E-state index in [0.29, 0.717) is 12.8 Å². The van der Waals surface area contributed by atoms with E-state index in [1.165, 1.54) is 6.92 Å². The van der Waals surface area contributed by atoms with Crippen molar-refractivity contribution in [3.05, 3.63) is 0 Å². The van der Waals surface area contributed by atoms with Crippen LogP contribution >= 0.6 is 0 Å². The molecule has 4 nitrogen and oxygen atoms in total. The number of hydrogen-bond donors (Lipinski definition) is 1. The van der Waals surface area contributed by atoms with Crippen molar-refractivity contribution in [1.29, 1.82) is 0 Å². The fourth-order valence-corrected chi connectivity index (χ4v) is 1.22. The lowest BCUT2D eigenvalue weighted by molar-refractivity contribution is -0.177. The van der Waals surface area contributed by atoms with Crippen molar-refractivity contribution < 1.29 is 19.4 Å². The Labute approximate surface area is 90.6 Å². The molecule has 1 unspecified atom stereocenters. The van der Waals surface area contributed by atoms with Gasteiger partial charge in [0.25, 0.3) is 0 Å². The minimum absolute atomic E-state index is 0.273. The standard InChI is InChI=1S/C11H20O4/c1-4-6-8-11(3,10(13)14)15-9(12)7-5-2/h4-8H2,1-3H3,(H,13,14). The van der Waals surface area contributed by atoms with Crippen LogP contribution in [0.3, 0.4) is 0 Å². The zero-order chi connectivity index (χ0) is 11.9. The second-order valence-corrected chi connectivity index (χ2v) is 3.86. The van der Waals surface area contributed by atoms with Crippen LogP contribution < -0.4 is 0 Å². The van der Waals surface area contributed by atoms with Gasteiger partial charge in [0.1, 0.15) is 0 Å². The quantitative estimate of drug-likeness (QED) is 0.663. The number of carbonyl (C=O) groups excluding carboxylic acids is 1.